The zero-order valence-corrected chi connectivity index (χ0v) is 9.53. The number of nitrogens with one attached hydrogen (secondary N) is 2. The van der Waals surface area contributed by atoms with Gasteiger partial charge in [0, 0.05) is 18.3 Å². The maximum Gasteiger partial charge on any atom is 0.326 e. The minimum atomic E-state index is -1.20. The topological polar surface area (TPSA) is 160 Å². The molecule has 2 heterocycles. The molecule has 1 amide bonds. The monoisotopic (exact) mass is 266 g/mol. The summed E-state index contributed by atoms with van der Waals surface area (Å²) in [4.78, 5) is 29.3. The fourth-order valence-electron chi connectivity index (χ4n) is 1.40. The van der Waals surface area contributed by atoms with E-state index in [-0.39, 0.29) is 17.9 Å². The molecule has 2 rings (SSSR count). The number of carbonyl (C=O) groups excluding carboxylic acids is 1. The van der Waals surface area contributed by atoms with Gasteiger partial charge in [-0.25, -0.2) is 14.4 Å². The molecule has 1 atom stereocenters. The number of carboxylic acid groups (broad SMARTS) is 1. The quantitative estimate of drug-likeness (QED) is 0.524. The van der Waals surface area contributed by atoms with Crippen molar-refractivity contribution in [2.24, 2.45) is 0 Å². The van der Waals surface area contributed by atoms with E-state index in [0.717, 1.165) is 0 Å². The Balaban J connectivity index is 2.07. The number of rotatable bonds is 5. The van der Waals surface area contributed by atoms with Crippen molar-refractivity contribution in [2.75, 3.05) is 5.73 Å². The lowest BCUT2D eigenvalue weighted by molar-refractivity contribution is -0.139. The first-order valence-electron chi connectivity index (χ1n) is 5.17. The second kappa shape index (κ2) is 5.16. The second-order valence-electron chi connectivity index (χ2n) is 3.64. The largest absolute Gasteiger partial charge is 0.480 e. The lowest BCUT2D eigenvalue weighted by Crippen LogP contribution is -2.42. The molecule has 0 saturated carbocycles. The van der Waals surface area contributed by atoms with E-state index in [9.17, 15) is 9.59 Å². The van der Waals surface area contributed by atoms with E-state index in [4.69, 9.17) is 10.8 Å². The zero-order valence-electron chi connectivity index (χ0n) is 9.53. The van der Waals surface area contributed by atoms with Gasteiger partial charge in [0.15, 0.2) is 0 Å². The summed E-state index contributed by atoms with van der Waals surface area (Å²) < 4.78 is 4.26. The van der Waals surface area contributed by atoms with Crippen LogP contribution in [0.1, 0.15) is 16.2 Å². The summed E-state index contributed by atoms with van der Waals surface area (Å²) in [6.45, 7) is 0. The predicted molar refractivity (Wildman–Crippen MR) is 59.9 cm³/mol. The summed E-state index contributed by atoms with van der Waals surface area (Å²) in [7, 11) is 0. The van der Waals surface area contributed by atoms with Crippen molar-refractivity contribution < 1.29 is 19.3 Å². The summed E-state index contributed by atoms with van der Waals surface area (Å²) in [5.41, 5.74) is 5.65. The average Bonchev–Trinajstić information content (AvgIpc) is 2.99. The van der Waals surface area contributed by atoms with Crippen LogP contribution in [0.25, 0.3) is 0 Å². The highest BCUT2D eigenvalue weighted by atomic mass is 16.6. The Morgan fingerprint density at radius 1 is 1.53 bits per heavy atom. The number of imidazole rings is 1. The van der Waals surface area contributed by atoms with Gasteiger partial charge in [0.25, 0.3) is 5.91 Å². The number of nitrogens with zero attached hydrogens (tertiary/aromatic N) is 3. The Labute approximate surface area is 106 Å². The van der Waals surface area contributed by atoms with Gasteiger partial charge in [-0.2, -0.15) is 0 Å². The van der Waals surface area contributed by atoms with Gasteiger partial charge in [-0.3, -0.25) is 4.79 Å². The number of hydrogen-bond acceptors (Lipinski definition) is 7. The smallest absolute Gasteiger partial charge is 0.326 e. The minimum Gasteiger partial charge on any atom is -0.480 e. The summed E-state index contributed by atoms with van der Waals surface area (Å²) in [6, 6.07) is -1.15. The number of carboxylic acids is 1. The predicted octanol–water partition coefficient (Wildman–Crippen LogP) is -1.20. The number of anilines is 1. The fraction of sp³-hybridized carbons (Fsp3) is 0.222. The van der Waals surface area contributed by atoms with Crippen LogP contribution in [0.2, 0.25) is 0 Å². The lowest BCUT2D eigenvalue weighted by Gasteiger charge is -2.12. The third-order valence-corrected chi connectivity index (χ3v) is 2.31. The Hall–Kier alpha value is -2.91. The van der Waals surface area contributed by atoms with Crippen molar-refractivity contribution in [3.63, 3.8) is 0 Å². The van der Waals surface area contributed by atoms with Crippen LogP contribution in [0.4, 0.5) is 5.82 Å². The molecule has 10 heteroatoms. The van der Waals surface area contributed by atoms with Crippen LogP contribution in [0, 0.1) is 0 Å². The van der Waals surface area contributed by atoms with Crippen LogP contribution >= 0.6 is 0 Å². The minimum absolute atomic E-state index is 0.0479. The molecule has 5 N–H and O–H groups in total. The lowest BCUT2D eigenvalue weighted by atomic mass is 10.1. The molecule has 0 spiro atoms. The van der Waals surface area contributed by atoms with Crippen molar-refractivity contribution in [2.45, 2.75) is 12.5 Å². The molecule has 0 aliphatic carbocycles. The molecule has 0 aliphatic heterocycles. The third kappa shape index (κ3) is 2.86. The van der Waals surface area contributed by atoms with Gasteiger partial charge in [-0.1, -0.05) is 0 Å². The zero-order chi connectivity index (χ0) is 13.8. The summed E-state index contributed by atoms with van der Waals surface area (Å²) in [6.07, 6.45) is 2.93. The first-order chi connectivity index (χ1) is 9.08. The van der Waals surface area contributed by atoms with E-state index >= 15 is 0 Å². The van der Waals surface area contributed by atoms with Gasteiger partial charge >= 0.3 is 5.97 Å². The molecule has 0 unspecified atom stereocenters. The van der Waals surface area contributed by atoms with Crippen molar-refractivity contribution in [1.82, 2.24) is 25.6 Å². The number of aromatic amines is 1. The first-order valence-corrected chi connectivity index (χ1v) is 5.17. The summed E-state index contributed by atoms with van der Waals surface area (Å²) in [5, 5.41) is 17.8. The van der Waals surface area contributed by atoms with E-state index in [1.807, 2.05) is 0 Å². The van der Waals surface area contributed by atoms with E-state index < -0.39 is 17.9 Å². The third-order valence-electron chi connectivity index (χ3n) is 2.31. The van der Waals surface area contributed by atoms with Gasteiger partial charge in [-0.05, 0) is 10.3 Å². The number of aromatic nitrogens is 4. The highest BCUT2D eigenvalue weighted by Crippen LogP contribution is 2.05. The number of carbonyl (C=O) groups is 2. The van der Waals surface area contributed by atoms with Crippen molar-refractivity contribution in [3.8, 4) is 0 Å². The highest BCUT2D eigenvalue weighted by Gasteiger charge is 2.24. The maximum absolute atomic E-state index is 11.7. The van der Waals surface area contributed by atoms with Crippen molar-refractivity contribution in [3.05, 3.63) is 23.9 Å². The fourth-order valence-corrected chi connectivity index (χ4v) is 1.40. The van der Waals surface area contributed by atoms with Gasteiger partial charge < -0.3 is 21.1 Å². The molecule has 0 bridgehead atoms. The molecule has 0 aromatic carbocycles. The molecule has 0 radical (unpaired) electrons. The molecular weight excluding hydrogens is 256 g/mol. The molecule has 2 aromatic heterocycles. The van der Waals surface area contributed by atoms with E-state index in [1.54, 1.807) is 0 Å². The molecule has 10 nitrogen and oxygen atoms in total. The van der Waals surface area contributed by atoms with Gasteiger partial charge in [0.1, 0.15) is 6.04 Å². The van der Waals surface area contributed by atoms with Crippen LogP contribution in [-0.4, -0.2) is 43.3 Å². The number of H-pyrrole nitrogens is 1. The van der Waals surface area contributed by atoms with Crippen LogP contribution in [0.3, 0.4) is 0 Å². The van der Waals surface area contributed by atoms with E-state index in [0.29, 0.717) is 5.69 Å². The van der Waals surface area contributed by atoms with E-state index in [1.165, 1.54) is 12.5 Å². The van der Waals surface area contributed by atoms with Crippen LogP contribution in [0.5, 0.6) is 0 Å². The second-order valence-corrected chi connectivity index (χ2v) is 3.64. The van der Waals surface area contributed by atoms with Crippen LogP contribution in [-0.2, 0) is 11.2 Å². The van der Waals surface area contributed by atoms with Crippen LogP contribution < -0.4 is 11.1 Å². The number of nitrogens with two attached hydrogens (primary N) is 1. The normalized spacial score (nSPS) is 12.0. The highest BCUT2D eigenvalue weighted by molar-refractivity contribution is 5.98. The number of hydrogen-bond donors (Lipinski definition) is 4. The molecule has 100 valence electrons. The average molecular weight is 266 g/mol. The van der Waals surface area contributed by atoms with Gasteiger partial charge in [0.2, 0.25) is 11.5 Å². The molecular formula is C9H10N6O4. The van der Waals surface area contributed by atoms with Gasteiger partial charge in [-0.15, -0.1) is 0 Å². The molecule has 0 saturated heterocycles. The Morgan fingerprint density at radius 2 is 2.32 bits per heavy atom. The van der Waals surface area contributed by atoms with Crippen molar-refractivity contribution >= 4 is 17.7 Å². The number of amides is 1. The summed E-state index contributed by atoms with van der Waals surface area (Å²) in [5.74, 6) is -2.17. The Morgan fingerprint density at radius 3 is 2.84 bits per heavy atom. The Bertz CT molecular complexity index is 577. The number of aliphatic carboxylic acids is 1. The van der Waals surface area contributed by atoms with Crippen molar-refractivity contribution in [1.29, 1.82) is 0 Å². The van der Waals surface area contributed by atoms with E-state index in [2.05, 4.69) is 30.2 Å². The molecule has 2 aromatic rings. The first kappa shape index (κ1) is 12.5. The SMILES string of the molecule is Nc1nonc1C(=O)N[C@H](Cc1cnc[nH]1)C(=O)O. The molecule has 0 aliphatic rings. The maximum atomic E-state index is 11.7. The molecule has 19 heavy (non-hydrogen) atoms. The van der Waals surface area contributed by atoms with Crippen LogP contribution in [0.15, 0.2) is 17.2 Å². The summed E-state index contributed by atoms with van der Waals surface area (Å²) >= 11 is 0. The van der Waals surface area contributed by atoms with Gasteiger partial charge in [0.05, 0.1) is 6.33 Å². The standard InChI is InChI=1S/C9H10N6O4/c10-7-6(14-19-15-7)8(16)13-5(9(17)18)1-4-2-11-3-12-4/h2-3,5H,1H2,(H2,10,15)(H,11,12)(H,13,16)(H,17,18)/t5-/m1/s1. The molecule has 0 fully saturated rings. The number of nitrogen functional groups attached to an aromatic ring is 1. The Kier molecular flexibility index (Phi) is 3.41.